The van der Waals surface area contributed by atoms with E-state index >= 15 is 0 Å². The van der Waals surface area contributed by atoms with E-state index in [1.807, 2.05) is 19.9 Å². The predicted octanol–water partition coefficient (Wildman–Crippen LogP) is 5.03. The Morgan fingerprint density at radius 3 is 2.80 bits per heavy atom. The third-order valence-corrected chi connectivity index (χ3v) is 7.28. The number of benzene rings is 1. The summed E-state index contributed by atoms with van der Waals surface area (Å²) in [5, 5.41) is 2.79. The van der Waals surface area contributed by atoms with Crippen molar-refractivity contribution in [1.82, 2.24) is 15.0 Å². The van der Waals surface area contributed by atoms with E-state index < -0.39 is 23.6 Å². The Morgan fingerprint density at radius 1 is 1.22 bits per heavy atom. The first-order valence-electron chi connectivity index (χ1n) is 13.3. The van der Waals surface area contributed by atoms with Crippen LogP contribution < -0.4 is 19.9 Å². The molecule has 5 heterocycles. The Hall–Kier alpha value is -3.97. The van der Waals surface area contributed by atoms with Gasteiger partial charge in [-0.3, -0.25) is 15.2 Å². The standard InChI is InChI=1S/C28H29F3N6O4/c1-16-9-21-25(35-24(16)17-5-4-6-18(10-17)28(29,30)31)37(19-7-8-36(21)13-19)26(38)34-22-11-32-12-23(33-22)39-14-20-15-40-27(2,3)41-20/h4-6,9-12,19-20H,7-8,13-15H2,1-3H3,(H,33,34,38)/t19?,20-/m0/s1. The van der Waals surface area contributed by atoms with E-state index in [1.54, 1.807) is 17.9 Å². The number of nitrogens with one attached hydrogen (secondary N) is 1. The number of pyridine rings is 1. The lowest BCUT2D eigenvalue weighted by Crippen LogP contribution is -2.48. The molecule has 0 saturated carbocycles. The molecule has 2 amide bonds. The van der Waals surface area contributed by atoms with Crippen molar-refractivity contribution in [3.63, 3.8) is 0 Å². The lowest BCUT2D eigenvalue weighted by molar-refractivity contribution is -0.141. The van der Waals surface area contributed by atoms with Crippen molar-refractivity contribution >= 4 is 23.4 Å². The molecule has 3 aliphatic rings. The largest absolute Gasteiger partial charge is 0.474 e. The number of hydrogen-bond donors (Lipinski definition) is 1. The van der Waals surface area contributed by atoms with E-state index in [0.717, 1.165) is 30.8 Å². The highest BCUT2D eigenvalue weighted by molar-refractivity contribution is 6.04. The van der Waals surface area contributed by atoms with Gasteiger partial charge in [-0.15, -0.1) is 0 Å². The molecule has 2 aromatic heterocycles. The van der Waals surface area contributed by atoms with Crippen LogP contribution in [0.2, 0.25) is 0 Å². The zero-order chi connectivity index (χ0) is 28.9. The van der Waals surface area contributed by atoms with Crippen LogP contribution in [0.5, 0.6) is 5.88 Å². The van der Waals surface area contributed by atoms with E-state index in [-0.39, 0.29) is 30.5 Å². The molecule has 2 bridgehead atoms. The van der Waals surface area contributed by atoms with Crippen LogP contribution in [-0.2, 0) is 15.7 Å². The van der Waals surface area contributed by atoms with Crippen LogP contribution >= 0.6 is 0 Å². The number of carbonyl (C=O) groups is 1. The average molecular weight is 571 g/mol. The quantitative estimate of drug-likeness (QED) is 0.456. The zero-order valence-corrected chi connectivity index (χ0v) is 22.7. The second-order valence-corrected chi connectivity index (χ2v) is 10.8. The first kappa shape index (κ1) is 27.2. The average Bonchev–Trinajstić information content (AvgIpc) is 3.50. The van der Waals surface area contributed by atoms with Gasteiger partial charge in [0.1, 0.15) is 12.7 Å². The van der Waals surface area contributed by atoms with Crippen molar-refractivity contribution < 1.29 is 32.2 Å². The molecule has 216 valence electrons. The molecule has 13 heteroatoms. The number of aryl methyl sites for hydroxylation is 1. The fourth-order valence-electron chi connectivity index (χ4n) is 5.41. The van der Waals surface area contributed by atoms with Crippen LogP contribution in [0.15, 0.2) is 42.7 Å². The molecule has 10 nitrogen and oxygen atoms in total. The van der Waals surface area contributed by atoms with E-state index in [0.29, 0.717) is 35.8 Å². The molecule has 0 spiro atoms. The van der Waals surface area contributed by atoms with Gasteiger partial charge >= 0.3 is 12.2 Å². The van der Waals surface area contributed by atoms with E-state index in [1.165, 1.54) is 18.5 Å². The number of nitrogens with zero attached hydrogens (tertiary/aromatic N) is 5. The molecular formula is C28H29F3N6O4. The van der Waals surface area contributed by atoms with Gasteiger partial charge in [-0.1, -0.05) is 12.1 Å². The minimum absolute atomic E-state index is 0.165. The van der Waals surface area contributed by atoms with E-state index in [4.69, 9.17) is 19.2 Å². The van der Waals surface area contributed by atoms with Gasteiger partial charge in [0, 0.05) is 18.7 Å². The molecule has 3 aliphatic heterocycles. The number of rotatable bonds is 5. The van der Waals surface area contributed by atoms with Crippen LogP contribution in [0.4, 0.5) is 35.3 Å². The Kier molecular flexibility index (Phi) is 6.73. The highest BCUT2D eigenvalue weighted by Crippen LogP contribution is 2.42. The third kappa shape index (κ3) is 5.51. The van der Waals surface area contributed by atoms with Crippen LogP contribution in [0.3, 0.4) is 0 Å². The molecule has 0 aliphatic carbocycles. The maximum atomic E-state index is 13.6. The van der Waals surface area contributed by atoms with Gasteiger partial charge < -0.3 is 19.1 Å². The van der Waals surface area contributed by atoms with Crippen molar-refractivity contribution in [2.24, 2.45) is 0 Å². The van der Waals surface area contributed by atoms with Crippen LogP contribution in [-0.4, -0.2) is 65.2 Å². The number of aromatic nitrogens is 3. The van der Waals surface area contributed by atoms with Crippen molar-refractivity contribution in [3.8, 4) is 17.1 Å². The molecule has 1 aromatic carbocycles. The summed E-state index contributed by atoms with van der Waals surface area (Å²) in [6.45, 7) is 7.40. The second-order valence-electron chi connectivity index (χ2n) is 10.8. The van der Waals surface area contributed by atoms with Gasteiger partial charge in [-0.2, -0.15) is 18.2 Å². The normalized spacial score (nSPS) is 21.1. The number of carbonyl (C=O) groups excluding carboxylic acids is 1. The predicted molar refractivity (Wildman–Crippen MR) is 144 cm³/mol. The van der Waals surface area contributed by atoms with E-state index in [2.05, 4.69) is 20.2 Å². The van der Waals surface area contributed by atoms with Crippen molar-refractivity contribution in [2.75, 3.05) is 41.4 Å². The van der Waals surface area contributed by atoms with Crippen LogP contribution in [0, 0.1) is 6.92 Å². The molecule has 2 atom stereocenters. The molecule has 2 fully saturated rings. The highest BCUT2D eigenvalue weighted by Gasteiger charge is 2.41. The van der Waals surface area contributed by atoms with E-state index in [9.17, 15) is 18.0 Å². The monoisotopic (exact) mass is 570 g/mol. The number of fused-ring (bicyclic) bond motifs is 4. The number of hydrogen-bond acceptors (Lipinski definition) is 8. The minimum Gasteiger partial charge on any atom is -0.474 e. The van der Waals surface area contributed by atoms with Crippen LogP contribution in [0.1, 0.15) is 31.4 Å². The summed E-state index contributed by atoms with van der Waals surface area (Å²) < 4.78 is 57.2. The minimum atomic E-state index is -4.48. The lowest BCUT2D eigenvalue weighted by atomic mass is 10.0. The molecule has 6 rings (SSSR count). The zero-order valence-electron chi connectivity index (χ0n) is 22.7. The molecule has 1 unspecified atom stereocenters. The summed E-state index contributed by atoms with van der Waals surface area (Å²) in [5.41, 5.74) is 1.41. The number of ether oxygens (including phenoxy) is 3. The molecule has 41 heavy (non-hydrogen) atoms. The van der Waals surface area contributed by atoms with Crippen molar-refractivity contribution in [2.45, 2.75) is 51.3 Å². The Bertz CT molecular complexity index is 1480. The molecule has 3 aromatic rings. The Morgan fingerprint density at radius 2 is 2.05 bits per heavy atom. The Balaban J connectivity index is 1.25. The highest BCUT2D eigenvalue weighted by atomic mass is 19.4. The summed E-state index contributed by atoms with van der Waals surface area (Å²) in [6.07, 6.45) is -1.18. The van der Waals surface area contributed by atoms with Crippen molar-refractivity contribution in [1.29, 1.82) is 0 Å². The number of anilines is 3. The SMILES string of the molecule is Cc1cc2c(nc1-c1cccc(C(F)(F)F)c1)N(C(=O)Nc1cncc(OC[C@H]3COC(C)(C)O3)n1)C1CCN2C1. The second kappa shape index (κ2) is 10.1. The maximum Gasteiger partial charge on any atom is 0.416 e. The maximum absolute atomic E-state index is 13.6. The number of amides is 2. The molecule has 0 radical (unpaired) electrons. The van der Waals surface area contributed by atoms with Gasteiger partial charge in [0.15, 0.2) is 17.4 Å². The summed E-state index contributed by atoms with van der Waals surface area (Å²) in [6, 6.07) is 6.30. The van der Waals surface area contributed by atoms with Crippen LogP contribution in [0.25, 0.3) is 11.3 Å². The Labute approximate surface area is 234 Å². The summed E-state index contributed by atoms with van der Waals surface area (Å²) in [4.78, 5) is 30.6. The molecular weight excluding hydrogens is 541 g/mol. The summed E-state index contributed by atoms with van der Waals surface area (Å²) >= 11 is 0. The van der Waals surface area contributed by atoms with Gasteiger partial charge in [-0.05, 0) is 51.0 Å². The summed E-state index contributed by atoms with van der Waals surface area (Å²) in [5.74, 6) is 0.103. The lowest BCUT2D eigenvalue weighted by Gasteiger charge is -2.36. The fraction of sp³-hybridized carbons (Fsp3) is 0.429. The molecule has 1 N–H and O–H groups in total. The third-order valence-electron chi connectivity index (χ3n) is 7.28. The first-order valence-corrected chi connectivity index (χ1v) is 13.3. The van der Waals surface area contributed by atoms with Crippen molar-refractivity contribution in [3.05, 3.63) is 53.9 Å². The number of urea groups is 1. The number of alkyl halides is 3. The van der Waals surface area contributed by atoms with Gasteiger partial charge in [0.05, 0.1) is 42.0 Å². The summed E-state index contributed by atoms with van der Waals surface area (Å²) in [7, 11) is 0. The fourth-order valence-corrected chi connectivity index (χ4v) is 5.41. The van der Waals surface area contributed by atoms with Gasteiger partial charge in [0.25, 0.3) is 0 Å². The topological polar surface area (TPSA) is 102 Å². The number of halogens is 3. The first-order chi connectivity index (χ1) is 19.5. The smallest absolute Gasteiger partial charge is 0.416 e. The van der Waals surface area contributed by atoms with Gasteiger partial charge in [0.2, 0.25) is 5.88 Å². The molecule has 2 saturated heterocycles. The van der Waals surface area contributed by atoms with Gasteiger partial charge in [-0.25, -0.2) is 9.78 Å².